The van der Waals surface area contributed by atoms with Crippen LogP contribution in [0.5, 0.6) is 5.75 Å². The summed E-state index contributed by atoms with van der Waals surface area (Å²) in [5, 5.41) is 3.64. The Bertz CT molecular complexity index is 1590. The van der Waals surface area contributed by atoms with E-state index in [1.54, 1.807) is 12.1 Å². The number of allylic oxidation sites excluding steroid dienone is 1. The number of amides is 2. The van der Waals surface area contributed by atoms with Crippen molar-refractivity contribution in [2.45, 2.75) is 49.6 Å². The van der Waals surface area contributed by atoms with Crippen molar-refractivity contribution in [1.29, 1.82) is 0 Å². The van der Waals surface area contributed by atoms with E-state index >= 15 is 0 Å². The highest BCUT2D eigenvalue weighted by atomic mass is 35.5. The van der Waals surface area contributed by atoms with Crippen LogP contribution < -0.4 is 10.1 Å². The molecule has 0 radical (unpaired) electrons. The summed E-state index contributed by atoms with van der Waals surface area (Å²) in [6, 6.07) is 21.5. The standard InChI is InChI=1S/C35H40ClN3O6S/c36-30-13-11-28(12-14-30)25-39(34(29-9-5-2-6-10-29)35(41)37-20-19-27-7-3-1-4-8-27)33(40)26-45-31-15-17-32(18-16-31)46(42,43)38-21-23-44-24-22-38/h2,5-7,9-18,34H,1,3-4,8,19-26H2,(H,37,41). The molecule has 1 aliphatic heterocycles. The number of carbonyl (C=O) groups excluding carboxylic acids is 2. The second-order valence-corrected chi connectivity index (χ2v) is 13.8. The second kappa shape index (κ2) is 16.2. The lowest BCUT2D eigenvalue weighted by atomic mass is 9.97. The molecular weight excluding hydrogens is 626 g/mol. The Kier molecular flexibility index (Phi) is 11.9. The van der Waals surface area contributed by atoms with Crippen molar-refractivity contribution in [3.8, 4) is 5.75 Å². The molecule has 2 aliphatic rings. The molecule has 3 aromatic rings. The molecule has 11 heteroatoms. The molecule has 9 nitrogen and oxygen atoms in total. The van der Waals surface area contributed by atoms with Gasteiger partial charge in [-0.05, 0) is 79.6 Å². The van der Waals surface area contributed by atoms with Gasteiger partial charge < -0.3 is 19.7 Å². The third-order valence-corrected chi connectivity index (χ3v) is 10.4. The number of sulfonamides is 1. The molecule has 2 amide bonds. The Hall–Kier alpha value is -3.70. The molecule has 1 unspecified atom stereocenters. The zero-order valence-electron chi connectivity index (χ0n) is 25.8. The molecule has 3 aromatic carbocycles. The predicted octanol–water partition coefficient (Wildman–Crippen LogP) is 5.52. The molecule has 244 valence electrons. The number of ether oxygens (including phenoxy) is 2. The van der Waals surface area contributed by atoms with Crippen LogP contribution in [0, 0.1) is 0 Å². The molecule has 1 atom stereocenters. The lowest BCUT2D eigenvalue weighted by Crippen LogP contribution is -2.45. The fourth-order valence-corrected chi connectivity index (χ4v) is 7.20. The lowest BCUT2D eigenvalue weighted by molar-refractivity contribution is -0.143. The van der Waals surface area contributed by atoms with E-state index in [9.17, 15) is 18.0 Å². The van der Waals surface area contributed by atoms with Gasteiger partial charge in [-0.2, -0.15) is 4.31 Å². The zero-order valence-corrected chi connectivity index (χ0v) is 27.3. The largest absolute Gasteiger partial charge is 0.484 e. The van der Waals surface area contributed by atoms with E-state index in [0.29, 0.717) is 49.2 Å². The minimum Gasteiger partial charge on any atom is -0.484 e. The van der Waals surface area contributed by atoms with E-state index in [2.05, 4.69) is 11.4 Å². The van der Waals surface area contributed by atoms with Crippen LogP contribution in [-0.2, 0) is 30.9 Å². The molecule has 46 heavy (non-hydrogen) atoms. The number of carbonyl (C=O) groups is 2. The predicted molar refractivity (Wildman–Crippen MR) is 177 cm³/mol. The van der Waals surface area contributed by atoms with Gasteiger partial charge in [0.15, 0.2) is 6.61 Å². The number of hydrogen-bond acceptors (Lipinski definition) is 6. The monoisotopic (exact) mass is 665 g/mol. The molecule has 5 rings (SSSR count). The summed E-state index contributed by atoms with van der Waals surface area (Å²) in [4.78, 5) is 29.4. The van der Waals surface area contributed by atoms with Crippen LogP contribution in [0.4, 0.5) is 0 Å². The second-order valence-electron chi connectivity index (χ2n) is 11.4. The summed E-state index contributed by atoms with van der Waals surface area (Å²) >= 11 is 6.13. The molecule has 0 aromatic heterocycles. The first-order valence-electron chi connectivity index (χ1n) is 15.7. The average Bonchev–Trinajstić information content (AvgIpc) is 3.09. The van der Waals surface area contributed by atoms with Crippen molar-refractivity contribution in [3.63, 3.8) is 0 Å². The molecule has 0 spiro atoms. The highest BCUT2D eigenvalue weighted by Crippen LogP contribution is 2.26. The van der Waals surface area contributed by atoms with Gasteiger partial charge in [0.2, 0.25) is 15.9 Å². The summed E-state index contributed by atoms with van der Waals surface area (Å²) in [7, 11) is -3.66. The molecule has 1 saturated heterocycles. The van der Waals surface area contributed by atoms with Gasteiger partial charge in [-0.25, -0.2) is 8.42 Å². The van der Waals surface area contributed by atoms with Crippen molar-refractivity contribution in [1.82, 2.24) is 14.5 Å². The summed E-state index contributed by atoms with van der Waals surface area (Å²) in [5.41, 5.74) is 2.84. The van der Waals surface area contributed by atoms with E-state index in [4.69, 9.17) is 21.1 Å². The highest BCUT2D eigenvalue weighted by molar-refractivity contribution is 7.89. The molecule has 1 fully saturated rings. The lowest BCUT2D eigenvalue weighted by Gasteiger charge is -2.31. The normalized spacial score (nSPS) is 16.2. The Morgan fingerprint density at radius 3 is 2.35 bits per heavy atom. The number of nitrogens with zero attached hydrogens (tertiary/aromatic N) is 2. The van der Waals surface area contributed by atoms with Crippen molar-refractivity contribution in [2.75, 3.05) is 39.5 Å². The SMILES string of the molecule is O=C(NCCC1=CCCCC1)C(c1ccccc1)N(Cc1ccc(Cl)cc1)C(=O)COc1ccc(S(=O)(=O)N2CCOCC2)cc1. The van der Waals surface area contributed by atoms with Gasteiger partial charge in [-0.3, -0.25) is 9.59 Å². The number of benzene rings is 3. The highest BCUT2D eigenvalue weighted by Gasteiger charge is 2.32. The fourth-order valence-electron chi connectivity index (χ4n) is 5.66. The van der Waals surface area contributed by atoms with Gasteiger partial charge >= 0.3 is 0 Å². The topological polar surface area (TPSA) is 105 Å². The number of hydrogen-bond donors (Lipinski definition) is 1. The molecule has 1 heterocycles. The van der Waals surface area contributed by atoms with Crippen LogP contribution in [0.1, 0.15) is 49.3 Å². The van der Waals surface area contributed by atoms with Crippen molar-refractivity contribution >= 4 is 33.4 Å². The van der Waals surface area contributed by atoms with Crippen molar-refractivity contribution in [3.05, 3.63) is 107 Å². The van der Waals surface area contributed by atoms with Gasteiger partial charge in [0, 0.05) is 31.2 Å². The summed E-state index contributed by atoms with van der Waals surface area (Å²) in [6.07, 6.45) is 7.54. The fraction of sp³-hybridized carbons (Fsp3) is 0.371. The Morgan fingerprint density at radius 2 is 1.67 bits per heavy atom. The number of halogens is 1. The van der Waals surface area contributed by atoms with Crippen molar-refractivity contribution in [2.24, 2.45) is 0 Å². The van der Waals surface area contributed by atoms with Gasteiger partial charge in [-0.15, -0.1) is 0 Å². The van der Waals surface area contributed by atoms with Crippen LogP contribution in [0.2, 0.25) is 5.02 Å². The first kappa shape index (κ1) is 33.7. The maximum Gasteiger partial charge on any atom is 0.261 e. The van der Waals surface area contributed by atoms with E-state index in [1.165, 1.54) is 51.9 Å². The summed E-state index contributed by atoms with van der Waals surface area (Å²) in [5.74, 6) is -0.344. The van der Waals surface area contributed by atoms with Crippen LogP contribution in [-0.4, -0.2) is 68.9 Å². The molecular formula is C35H40ClN3O6S. The molecule has 1 N–H and O–H groups in total. The van der Waals surface area contributed by atoms with Gasteiger partial charge in [0.25, 0.3) is 5.91 Å². The first-order valence-corrected chi connectivity index (χ1v) is 17.5. The third kappa shape index (κ3) is 8.97. The summed E-state index contributed by atoms with van der Waals surface area (Å²) < 4.78 is 38.5. The van der Waals surface area contributed by atoms with Crippen LogP contribution >= 0.6 is 11.6 Å². The Labute approximate surface area is 276 Å². The van der Waals surface area contributed by atoms with Gasteiger partial charge in [-0.1, -0.05) is 65.7 Å². The van der Waals surface area contributed by atoms with Gasteiger partial charge in [0.05, 0.1) is 18.1 Å². The smallest absolute Gasteiger partial charge is 0.261 e. The van der Waals surface area contributed by atoms with E-state index in [-0.39, 0.29) is 24.0 Å². The quantitative estimate of drug-likeness (QED) is 0.241. The van der Waals surface area contributed by atoms with Crippen molar-refractivity contribution < 1.29 is 27.5 Å². The molecule has 1 aliphatic carbocycles. The molecule has 0 bridgehead atoms. The number of rotatable bonds is 13. The van der Waals surface area contributed by atoms with E-state index < -0.39 is 22.0 Å². The number of nitrogens with one attached hydrogen (secondary N) is 1. The third-order valence-electron chi connectivity index (χ3n) is 8.19. The minimum absolute atomic E-state index is 0.141. The van der Waals surface area contributed by atoms with Crippen LogP contribution in [0.15, 0.2) is 95.4 Å². The van der Waals surface area contributed by atoms with E-state index in [0.717, 1.165) is 24.8 Å². The van der Waals surface area contributed by atoms with Gasteiger partial charge in [0.1, 0.15) is 11.8 Å². The Morgan fingerprint density at radius 1 is 0.957 bits per heavy atom. The van der Waals surface area contributed by atoms with E-state index in [1.807, 2.05) is 42.5 Å². The minimum atomic E-state index is -3.66. The average molecular weight is 666 g/mol. The Balaban J connectivity index is 1.33. The van der Waals surface area contributed by atoms with Crippen LogP contribution in [0.3, 0.4) is 0 Å². The number of morpholine rings is 1. The maximum absolute atomic E-state index is 13.9. The first-order chi connectivity index (χ1) is 22.3. The van der Waals surface area contributed by atoms with Crippen LogP contribution in [0.25, 0.3) is 0 Å². The molecule has 0 saturated carbocycles. The maximum atomic E-state index is 13.9. The summed E-state index contributed by atoms with van der Waals surface area (Å²) in [6.45, 7) is 1.58. The zero-order chi connectivity index (χ0) is 32.4.